The van der Waals surface area contributed by atoms with Crippen molar-refractivity contribution in [1.82, 2.24) is 0 Å². The van der Waals surface area contributed by atoms with E-state index in [9.17, 15) is 0 Å². The molecule has 6 aromatic rings. The van der Waals surface area contributed by atoms with E-state index in [1.165, 1.54) is 0 Å². The van der Waals surface area contributed by atoms with Crippen LogP contribution in [-0.2, 0) is 11.2 Å². The second-order valence-electron chi connectivity index (χ2n) is 13.8. The van der Waals surface area contributed by atoms with Gasteiger partial charge in [0.15, 0.2) is 11.2 Å². The molecular formula is C48H44O4. The van der Waals surface area contributed by atoms with E-state index in [2.05, 4.69) is 149 Å². The van der Waals surface area contributed by atoms with Gasteiger partial charge in [-0.15, -0.1) is 0 Å². The monoisotopic (exact) mass is 684 g/mol. The lowest BCUT2D eigenvalue weighted by Gasteiger charge is -2.38. The summed E-state index contributed by atoms with van der Waals surface area (Å²) in [4.78, 5) is 0. The fourth-order valence-electron chi connectivity index (χ4n) is 7.28. The molecule has 4 atom stereocenters. The number of fused-ring (bicyclic) bond motifs is 5. The summed E-state index contributed by atoms with van der Waals surface area (Å²) in [6.45, 7) is 8.45. The third kappa shape index (κ3) is 5.92. The highest BCUT2D eigenvalue weighted by molar-refractivity contribution is 6.02. The first-order valence-corrected chi connectivity index (χ1v) is 18.4. The number of hydrogen-bond acceptors (Lipinski definition) is 4. The Morgan fingerprint density at radius 3 is 1.25 bits per heavy atom. The quantitative estimate of drug-likeness (QED) is 0.144. The van der Waals surface area contributed by atoms with Gasteiger partial charge in [0.1, 0.15) is 23.0 Å². The maximum atomic E-state index is 7.15. The van der Waals surface area contributed by atoms with Crippen LogP contribution < -0.4 is 18.9 Å². The van der Waals surface area contributed by atoms with Crippen molar-refractivity contribution >= 4 is 22.9 Å². The minimum absolute atomic E-state index is 0.149. The van der Waals surface area contributed by atoms with Crippen molar-refractivity contribution in [3.05, 3.63) is 179 Å². The summed E-state index contributed by atoms with van der Waals surface area (Å²) in [6, 6.07) is 46.0. The van der Waals surface area contributed by atoms with E-state index in [0.717, 1.165) is 80.0 Å². The maximum absolute atomic E-state index is 7.15. The molecule has 6 aromatic carbocycles. The van der Waals surface area contributed by atoms with Gasteiger partial charge in [-0.1, -0.05) is 111 Å². The SMILES string of the molecule is CCC(C)Oc1ccc(C2(c3ccccc3)C=Cc3c(ccc4ccc5c(c34)C=CC(c3ccccc3)(c3ccc(OC(C)CC)cc3)O5)O2)cc1. The minimum atomic E-state index is -0.814. The zero-order valence-corrected chi connectivity index (χ0v) is 30.2. The van der Waals surface area contributed by atoms with Gasteiger partial charge in [0, 0.05) is 38.8 Å². The molecular weight excluding hydrogens is 641 g/mol. The summed E-state index contributed by atoms with van der Waals surface area (Å²) in [5.74, 6) is 3.34. The molecule has 0 bridgehead atoms. The Labute approximate surface area is 307 Å². The van der Waals surface area contributed by atoms with Crippen molar-refractivity contribution in [3.63, 3.8) is 0 Å². The van der Waals surface area contributed by atoms with Crippen molar-refractivity contribution in [2.75, 3.05) is 0 Å². The van der Waals surface area contributed by atoms with Gasteiger partial charge >= 0.3 is 0 Å². The molecule has 8 rings (SSSR count). The third-order valence-electron chi connectivity index (χ3n) is 10.5. The van der Waals surface area contributed by atoms with E-state index in [0.29, 0.717) is 0 Å². The van der Waals surface area contributed by atoms with Crippen LogP contribution >= 0.6 is 0 Å². The molecule has 260 valence electrons. The number of rotatable bonds is 10. The van der Waals surface area contributed by atoms with E-state index in [1.807, 2.05) is 36.4 Å². The second-order valence-corrected chi connectivity index (χ2v) is 13.8. The molecule has 0 aliphatic carbocycles. The molecule has 0 aromatic heterocycles. The standard InChI is InChI=1S/C48H44O4/c1-5-33(3)49-40-23-19-38(20-24-40)47(36-13-9-7-10-14-36)31-29-42-44(51-47)27-17-35-18-28-45-43(46(35)42)30-32-48(52-45,37-15-11-8-12-16-37)39-21-25-41(26-22-39)50-34(4)6-2/h7-34H,5-6H2,1-4H3. The van der Waals surface area contributed by atoms with Crippen molar-refractivity contribution in [2.45, 2.75) is 63.9 Å². The minimum Gasteiger partial charge on any atom is -0.491 e. The predicted molar refractivity (Wildman–Crippen MR) is 211 cm³/mol. The Hall–Kier alpha value is -5.74. The number of hydrogen-bond donors (Lipinski definition) is 0. The summed E-state index contributed by atoms with van der Waals surface area (Å²) in [7, 11) is 0. The van der Waals surface area contributed by atoms with Gasteiger partial charge in [-0.3, -0.25) is 0 Å². The molecule has 4 unspecified atom stereocenters. The number of benzene rings is 6. The summed E-state index contributed by atoms with van der Waals surface area (Å²) >= 11 is 0. The molecule has 2 heterocycles. The lowest BCUT2D eigenvalue weighted by molar-refractivity contribution is 0.160. The Morgan fingerprint density at radius 2 is 0.865 bits per heavy atom. The Bertz CT molecular complexity index is 2080. The first kappa shape index (κ1) is 33.4. The van der Waals surface area contributed by atoms with Crippen molar-refractivity contribution in [2.24, 2.45) is 0 Å². The molecule has 0 fully saturated rings. The van der Waals surface area contributed by atoms with Gasteiger partial charge in [0.05, 0.1) is 12.2 Å². The highest BCUT2D eigenvalue weighted by Gasteiger charge is 2.40. The van der Waals surface area contributed by atoms with Crippen LogP contribution in [0.4, 0.5) is 0 Å². The maximum Gasteiger partial charge on any atom is 0.178 e. The molecule has 2 aliphatic rings. The van der Waals surface area contributed by atoms with Crippen LogP contribution in [0.2, 0.25) is 0 Å². The summed E-state index contributed by atoms with van der Waals surface area (Å²) in [5, 5.41) is 2.22. The van der Waals surface area contributed by atoms with Gasteiger partial charge in [-0.2, -0.15) is 0 Å². The lowest BCUT2D eigenvalue weighted by atomic mass is 9.81. The predicted octanol–water partition coefficient (Wildman–Crippen LogP) is 11.9. The fourth-order valence-corrected chi connectivity index (χ4v) is 7.28. The van der Waals surface area contributed by atoms with Gasteiger partial charge < -0.3 is 18.9 Å². The topological polar surface area (TPSA) is 36.9 Å². The van der Waals surface area contributed by atoms with Gasteiger partial charge in [0.2, 0.25) is 0 Å². The van der Waals surface area contributed by atoms with E-state index in [1.54, 1.807) is 0 Å². The van der Waals surface area contributed by atoms with Crippen LogP contribution in [0.3, 0.4) is 0 Å². The van der Waals surface area contributed by atoms with Gasteiger partial charge in [-0.05, 0) is 92.8 Å². The average Bonchev–Trinajstić information content (AvgIpc) is 3.21. The second kappa shape index (κ2) is 13.8. The smallest absolute Gasteiger partial charge is 0.178 e. The molecule has 0 spiro atoms. The van der Waals surface area contributed by atoms with E-state index in [4.69, 9.17) is 18.9 Å². The van der Waals surface area contributed by atoms with Gasteiger partial charge in [-0.25, -0.2) is 0 Å². The molecule has 4 nitrogen and oxygen atoms in total. The molecule has 4 heteroatoms. The van der Waals surface area contributed by atoms with E-state index < -0.39 is 11.2 Å². The van der Waals surface area contributed by atoms with Crippen LogP contribution in [0.5, 0.6) is 23.0 Å². The first-order valence-electron chi connectivity index (χ1n) is 18.4. The van der Waals surface area contributed by atoms with Crippen molar-refractivity contribution in [1.29, 1.82) is 0 Å². The van der Waals surface area contributed by atoms with Crippen LogP contribution in [0.1, 0.15) is 73.9 Å². The first-order chi connectivity index (χ1) is 25.4. The van der Waals surface area contributed by atoms with Crippen LogP contribution in [0, 0.1) is 0 Å². The molecule has 0 radical (unpaired) electrons. The highest BCUT2D eigenvalue weighted by Crippen LogP contribution is 2.49. The van der Waals surface area contributed by atoms with Crippen LogP contribution in [0.25, 0.3) is 22.9 Å². The average molecular weight is 685 g/mol. The van der Waals surface area contributed by atoms with E-state index >= 15 is 0 Å². The van der Waals surface area contributed by atoms with Crippen LogP contribution in [-0.4, -0.2) is 12.2 Å². The molecule has 0 amide bonds. The molecule has 52 heavy (non-hydrogen) atoms. The lowest BCUT2D eigenvalue weighted by Crippen LogP contribution is -2.35. The zero-order chi connectivity index (χ0) is 35.7. The largest absolute Gasteiger partial charge is 0.491 e. The van der Waals surface area contributed by atoms with Gasteiger partial charge in [0.25, 0.3) is 0 Å². The number of ether oxygens (including phenoxy) is 4. The van der Waals surface area contributed by atoms with Crippen LogP contribution in [0.15, 0.2) is 146 Å². The highest BCUT2D eigenvalue weighted by atomic mass is 16.5. The molecule has 0 saturated heterocycles. The molecule has 2 aliphatic heterocycles. The Morgan fingerprint density at radius 1 is 0.481 bits per heavy atom. The Kier molecular flexibility index (Phi) is 8.84. The third-order valence-corrected chi connectivity index (χ3v) is 10.5. The summed E-state index contributed by atoms with van der Waals surface area (Å²) < 4.78 is 26.5. The van der Waals surface area contributed by atoms with E-state index in [-0.39, 0.29) is 12.2 Å². The Balaban J connectivity index is 1.21. The summed E-state index contributed by atoms with van der Waals surface area (Å²) in [5.41, 5.74) is 4.61. The molecule has 0 N–H and O–H groups in total. The van der Waals surface area contributed by atoms with Crippen molar-refractivity contribution in [3.8, 4) is 23.0 Å². The zero-order valence-electron chi connectivity index (χ0n) is 30.2. The molecule has 0 saturated carbocycles. The summed E-state index contributed by atoms with van der Waals surface area (Å²) in [6.07, 6.45) is 11.0. The normalized spacial score (nSPS) is 19.8. The fraction of sp³-hybridized carbons (Fsp3) is 0.208. The van der Waals surface area contributed by atoms with Crippen molar-refractivity contribution < 1.29 is 18.9 Å².